The number of hydrogen-bond acceptors (Lipinski definition) is 1. The Morgan fingerprint density at radius 3 is 2.38 bits per heavy atom. The van der Waals surface area contributed by atoms with Crippen LogP contribution in [0.5, 0.6) is 0 Å². The Bertz CT molecular complexity index is 334. The van der Waals surface area contributed by atoms with Gasteiger partial charge in [0.25, 0.3) is 0 Å². The number of rotatable bonds is 6. The Morgan fingerprint density at radius 2 is 1.76 bits per heavy atom. The summed E-state index contributed by atoms with van der Waals surface area (Å²) in [7, 11) is 0. The van der Waals surface area contributed by atoms with Crippen LogP contribution in [-0.4, -0.2) is 0 Å². The van der Waals surface area contributed by atoms with Crippen LogP contribution in [0.4, 0.5) is 0 Å². The maximum atomic E-state index is 9.79. The first kappa shape index (κ1) is 16.9. The van der Waals surface area contributed by atoms with Gasteiger partial charge in [0.2, 0.25) is 0 Å². The molecule has 0 aromatic carbocycles. The summed E-state index contributed by atoms with van der Waals surface area (Å²) < 4.78 is 0. The second-order valence-electron chi connectivity index (χ2n) is 7.89. The Labute approximate surface area is 132 Å². The van der Waals surface area contributed by atoms with Gasteiger partial charge in [-0.3, -0.25) is 0 Å². The predicted octanol–water partition coefficient (Wildman–Crippen LogP) is 6.48. The van der Waals surface area contributed by atoms with Crippen molar-refractivity contribution in [2.45, 2.75) is 97.3 Å². The molecule has 2 aliphatic rings. The van der Waals surface area contributed by atoms with Gasteiger partial charge in [0.05, 0.1) is 11.5 Å². The van der Waals surface area contributed by atoms with Crippen LogP contribution in [0.1, 0.15) is 97.3 Å². The van der Waals surface area contributed by atoms with Gasteiger partial charge in [0.15, 0.2) is 0 Å². The van der Waals surface area contributed by atoms with E-state index in [4.69, 9.17) is 0 Å². The molecule has 1 heteroatoms. The van der Waals surface area contributed by atoms with Crippen molar-refractivity contribution >= 4 is 0 Å². The Morgan fingerprint density at radius 1 is 1.00 bits per heavy atom. The van der Waals surface area contributed by atoms with E-state index in [0.29, 0.717) is 0 Å². The molecule has 0 spiro atoms. The summed E-state index contributed by atoms with van der Waals surface area (Å²) in [5, 5.41) is 9.79. The van der Waals surface area contributed by atoms with Crippen molar-refractivity contribution in [2.75, 3.05) is 0 Å². The molecule has 2 atom stereocenters. The summed E-state index contributed by atoms with van der Waals surface area (Å²) in [6.07, 6.45) is 17.3. The van der Waals surface area contributed by atoms with Crippen LogP contribution in [0.15, 0.2) is 0 Å². The molecule has 0 N–H and O–H groups in total. The van der Waals surface area contributed by atoms with Crippen molar-refractivity contribution in [3.8, 4) is 6.07 Å². The minimum atomic E-state index is 0.0414. The lowest BCUT2D eigenvalue weighted by atomic mass is 9.62. The third-order valence-electron chi connectivity index (χ3n) is 6.51. The summed E-state index contributed by atoms with van der Waals surface area (Å²) in [6.45, 7) is 4.61. The molecule has 0 radical (unpaired) electrons. The molecule has 0 saturated heterocycles. The van der Waals surface area contributed by atoms with Crippen LogP contribution in [0.2, 0.25) is 0 Å². The molecule has 2 fully saturated rings. The molecule has 0 amide bonds. The second-order valence-corrected chi connectivity index (χ2v) is 7.89. The molecular formula is C20H35N. The quantitative estimate of drug-likeness (QED) is 0.513. The molecule has 0 aromatic rings. The summed E-state index contributed by atoms with van der Waals surface area (Å²) in [6, 6.07) is 2.77. The predicted molar refractivity (Wildman–Crippen MR) is 89.9 cm³/mol. The van der Waals surface area contributed by atoms with Crippen LogP contribution < -0.4 is 0 Å². The molecular weight excluding hydrogens is 254 g/mol. The average Bonchev–Trinajstić information content (AvgIpc) is 2.55. The van der Waals surface area contributed by atoms with Crippen molar-refractivity contribution in [3.63, 3.8) is 0 Å². The zero-order valence-electron chi connectivity index (χ0n) is 14.4. The van der Waals surface area contributed by atoms with Gasteiger partial charge in [-0.15, -0.1) is 0 Å². The van der Waals surface area contributed by atoms with Crippen LogP contribution in [0.25, 0.3) is 0 Å². The molecule has 0 bridgehead atoms. The third-order valence-corrected chi connectivity index (χ3v) is 6.51. The summed E-state index contributed by atoms with van der Waals surface area (Å²) >= 11 is 0. The minimum Gasteiger partial charge on any atom is -0.198 e. The smallest absolute Gasteiger partial charge is 0.0689 e. The van der Waals surface area contributed by atoms with E-state index in [9.17, 15) is 5.26 Å². The van der Waals surface area contributed by atoms with Crippen molar-refractivity contribution in [2.24, 2.45) is 23.2 Å². The molecule has 2 aliphatic carbocycles. The fourth-order valence-electron chi connectivity index (χ4n) is 4.98. The van der Waals surface area contributed by atoms with E-state index in [-0.39, 0.29) is 5.41 Å². The standard InChI is InChI=1S/C20H35N/c1-3-5-6-13-20(16-21)14-7-8-19(15-20)18-11-9-17(4-2)10-12-18/h17-19H,3-15H2,1-2H3/t17?,18?,19-,20+/m1/s1. The number of hydrogen-bond donors (Lipinski definition) is 0. The topological polar surface area (TPSA) is 23.8 Å². The molecule has 2 rings (SSSR count). The zero-order valence-corrected chi connectivity index (χ0v) is 14.4. The third kappa shape index (κ3) is 4.48. The molecule has 21 heavy (non-hydrogen) atoms. The van der Waals surface area contributed by atoms with Gasteiger partial charge in [0, 0.05) is 0 Å². The number of nitriles is 1. The Kier molecular flexibility index (Phi) is 6.59. The van der Waals surface area contributed by atoms with E-state index in [1.807, 2.05) is 0 Å². The molecule has 1 nitrogen and oxygen atoms in total. The molecule has 120 valence electrons. The minimum absolute atomic E-state index is 0.0414. The monoisotopic (exact) mass is 289 g/mol. The first-order valence-corrected chi connectivity index (χ1v) is 9.64. The number of nitrogens with zero attached hydrogens (tertiary/aromatic N) is 1. The zero-order chi connectivity index (χ0) is 15.1. The highest BCUT2D eigenvalue weighted by Gasteiger charge is 2.39. The lowest BCUT2D eigenvalue weighted by molar-refractivity contribution is 0.103. The van der Waals surface area contributed by atoms with Crippen LogP contribution in [0, 0.1) is 34.5 Å². The van der Waals surface area contributed by atoms with Crippen LogP contribution in [0.3, 0.4) is 0 Å². The van der Waals surface area contributed by atoms with E-state index >= 15 is 0 Å². The number of unbranched alkanes of at least 4 members (excludes halogenated alkanes) is 2. The first-order chi connectivity index (χ1) is 10.2. The van der Waals surface area contributed by atoms with Crippen LogP contribution >= 0.6 is 0 Å². The first-order valence-electron chi connectivity index (χ1n) is 9.64. The van der Waals surface area contributed by atoms with E-state index < -0.39 is 0 Å². The van der Waals surface area contributed by atoms with Crippen molar-refractivity contribution < 1.29 is 0 Å². The molecule has 0 aromatic heterocycles. The maximum absolute atomic E-state index is 9.79. The van der Waals surface area contributed by atoms with Crippen molar-refractivity contribution in [1.29, 1.82) is 5.26 Å². The van der Waals surface area contributed by atoms with Gasteiger partial charge >= 0.3 is 0 Å². The fourth-order valence-corrected chi connectivity index (χ4v) is 4.98. The van der Waals surface area contributed by atoms with Crippen molar-refractivity contribution in [3.05, 3.63) is 0 Å². The SMILES string of the molecule is CCCCC[C@]1(C#N)CCC[C@@H](C2CCC(CC)CC2)C1. The van der Waals surface area contributed by atoms with E-state index in [2.05, 4.69) is 19.9 Å². The summed E-state index contributed by atoms with van der Waals surface area (Å²) in [4.78, 5) is 0. The van der Waals surface area contributed by atoms with Gasteiger partial charge in [-0.05, 0) is 49.9 Å². The van der Waals surface area contributed by atoms with Gasteiger partial charge in [-0.1, -0.05) is 65.2 Å². The normalized spacial score (nSPS) is 37.1. The molecule has 2 saturated carbocycles. The molecule has 0 heterocycles. The van der Waals surface area contributed by atoms with Gasteiger partial charge < -0.3 is 0 Å². The fraction of sp³-hybridized carbons (Fsp3) is 0.950. The second kappa shape index (κ2) is 8.21. The Balaban J connectivity index is 1.88. The molecule has 0 aliphatic heterocycles. The highest BCUT2D eigenvalue weighted by Crippen LogP contribution is 2.48. The summed E-state index contributed by atoms with van der Waals surface area (Å²) in [5.41, 5.74) is 0.0414. The Hall–Kier alpha value is -0.510. The van der Waals surface area contributed by atoms with Crippen LogP contribution in [-0.2, 0) is 0 Å². The van der Waals surface area contributed by atoms with E-state index in [0.717, 1.165) is 24.2 Å². The van der Waals surface area contributed by atoms with Gasteiger partial charge in [0.1, 0.15) is 0 Å². The van der Waals surface area contributed by atoms with E-state index in [1.54, 1.807) is 0 Å². The lowest BCUT2D eigenvalue weighted by Crippen LogP contribution is -2.32. The van der Waals surface area contributed by atoms with Gasteiger partial charge in [-0.2, -0.15) is 5.26 Å². The largest absolute Gasteiger partial charge is 0.198 e. The van der Waals surface area contributed by atoms with Crippen molar-refractivity contribution in [1.82, 2.24) is 0 Å². The molecule has 0 unspecified atom stereocenters. The van der Waals surface area contributed by atoms with E-state index in [1.165, 1.54) is 77.0 Å². The summed E-state index contributed by atoms with van der Waals surface area (Å²) in [5.74, 6) is 2.79. The highest BCUT2D eigenvalue weighted by molar-refractivity contribution is 5.03. The highest BCUT2D eigenvalue weighted by atomic mass is 14.5. The average molecular weight is 290 g/mol. The lowest BCUT2D eigenvalue weighted by Gasteiger charge is -2.41. The van der Waals surface area contributed by atoms with Gasteiger partial charge in [-0.25, -0.2) is 0 Å². The maximum Gasteiger partial charge on any atom is 0.0689 e.